The Morgan fingerprint density at radius 3 is 1.70 bits per heavy atom. The lowest BCUT2D eigenvalue weighted by Crippen LogP contribution is -2.17. The van der Waals surface area contributed by atoms with Crippen LogP contribution in [0.15, 0.2) is 78.9 Å². The van der Waals surface area contributed by atoms with Gasteiger partial charge in [-0.3, -0.25) is 4.90 Å². The molecular formula is C21H20FN. The summed E-state index contributed by atoms with van der Waals surface area (Å²) in [5, 5.41) is 0. The molecule has 3 rings (SSSR count). The molecule has 0 radical (unpaired) electrons. The van der Waals surface area contributed by atoms with E-state index in [-0.39, 0.29) is 5.82 Å². The van der Waals surface area contributed by atoms with Gasteiger partial charge in [-0.1, -0.05) is 66.7 Å². The van der Waals surface area contributed by atoms with Crippen LogP contribution in [-0.4, -0.2) is 11.9 Å². The van der Waals surface area contributed by atoms with Crippen molar-refractivity contribution in [3.05, 3.63) is 95.8 Å². The normalized spacial score (nSPS) is 10.9. The van der Waals surface area contributed by atoms with Crippen LogP contribution >= 0.6 is 0 Å². The lowest BCUT2D eigenvalue weighted by atomic mass is 10.0. The van der Waals surface area contributed by atoms with Crippen LogP contribution in [0, 0.1) is 5.82 Å². The van der Waals surface area contributed by atoms with Gasteiger partial charge in [0.2, 0.25) is 0 Å². The number of nitrogens with zero attached hydrogens (tertiary/aromatic N) is 1. The van der Waals surface area contributed by atoms with Gasteiger partial charge in [-0.15, -0.1) is 0 Å². The van der Waals surface area contributed by atoms with Crippen LogP contribution in [0.3, 0.4) is 0 Å². The molecule has 0 amide bonds. The van der Waals surface area contributed by atoms with Crippen LogP contribution in [0.1, 0.15) is 11.1 Å². The summed E-state index contributed by atoms with van der Waals surface area (Å²) < 4.78 is 12.9. The first-order valence-electron chi connectivity index (χ1n) is 7.78. The van der Waals surface area contributed by atoms with Crippen molar-refractivity contribution in [3.8, 4) is 11.1 Å². The monoisotopic (exact) mass is 305 g/mol. The Kier molecular flexibility index (Phi) is 4.84. The second-order valence-corrected chi connectivity index (χ2v) is 5.86. The van der Waals surface area contributed by atoms with Crippen molar-refractivity contribution in [2.75, 3.05) is 7.05 Å². The predicted molar refractivity (Wildman–Crippen MR) is 93.4 cm³/mol. The van der Waals surface area contributed by atoms with Crippen LogP contribution < -0.4 is 0 Å². The highest BCUT2D eigenvalue weighted by Crippen LogP contribution is 2.20. The van der Waals surface area contributed by atoms with Crippen molar-refractivity contribution >= 4 is 0 Å². The maximum atomic E-state index is 12.9. The van der Waals surface area contributed by atoms with E-state index in [4.69, 9.17) is 0 Å². The Morgan fingerprint density at radius 2 is 1.13 bits per heavy atom. The van der Waals surface area contributed by atoms with Gasteiger partial charge in [-0.25, -0.2) is 4.39 Å². The smallest absolute Gasteiger partial charge is 0.123 e. The molecule has 0 bridgehead atoms. The van der Waals surface area contributed by atoms with Crippen LogP contribution in [0.2, 0.25) is 0 Å². The largest absolute Gasteiger partial charge is 0.298 e. The Labute approximate surface area is 137 Å². The number of halogens is 1. The third-order valence-corrected chi connectivity index (χ3v) is 3.88. The highest BCUT2D eigenvalue weighted by molar-refractivity contribution is 5.63. The Morgan fingerprint density at radius 1 is 0.652 bits per heavy atom. The Bertz CT molecular complexity index is 733. The molecule has 0 aromatic heterocycles. The van der Waals surface area contributed by atoms with Crippen LogP contribution in [-0.2, 0) is 13.1 Å². The summed E-state index contributed by atoms with van der Waals surface area (Å²) in [6, 6.07) is 25.7. The molecule has 0 aliphatic heterocycles. The molecule has 1 nitrogen and oxygen atoms in total. The number of hydrogen-bond donors (Lipinski definition) is 0. The fourth-order valence-electron chi connectivity index (χ4n) is 2.70. The van der Waals surface area contributed by atoms with Crippen molar-refractivity contribution in [2.24, 2.45) is 0 Å². The molecule has 0 saturated carbocycles. The molecule has 0 spiro atoms. The minimum atomic E-state index is -0.187. The minimum absolute atomic E-state index is 0.187. The topological polar surface area (TPSA) is 3.24 Å². The first-order chi connectivity index (χ1) is 11.2. The van der Waals surface area contributed by atoms with E-state index in [0.717, 1.165) is 18.7 Å². The van der Waals surface area contributed by atoms with E-state index in [9.17, 15) is 4.39 Å². The van der Waals surface area contributed by atoms with Crippen molar-refractivity contribution in [3.63, 3.8) is 0 Å². The maximum Gasteiger partial charge on any atom is 0.123 e. The third kappa shape index (κ3) is 4.27. The predicted octanol–water partition coefficient (Wildman–Crippen LogP) is 5.12. The average molecular weight is 305 g/mol. The molecule has 0 heterocycles. The molecule has 3 aromatic carbocycles. The van der Waals surface area contributed by atoms with Gasteiger partial charge in [0.1, 0.15) is 5.82 Å². The molecule has 0 aliphatic carbocycles. The van der Waals surface area contributed by atoms with Gasteiger partial charge in [0.25, 0.3) is 0 Å². The van der Waals surface area contributed by atoms with Gasteiger partial charge in [0.15, 0.2) is 0 Å². The van der Waals surface area contributed by atoms with E-state index in [1.165, 1.54) is 28.8 Å². The van der Waals surface area contributed by atoms with E-state index in [0.29, 0.717) is 0 Å². The first-order valence-corrected chi connectivity index (χ1v) is 7.78. The van der Waals surface area contributed by atoms with E-state index in [2.05, 4.69) is 60.5 Å². The zero-order valence-electron chi connectivity index (χ0n) is 13.2. The third-order valence-electron chi connectivity index (χ3n) is 3.88. The molecule has 0 unspecified atom stereocenters. The lowest BCUT2D eigenvalue weighted by molar-refractivity contribution is 0.319. The fourth-order valence-corrected chi connectivity index (χ4v) is 2.70. The highest BCUT2D eigenvalue weighted by atomic mass is 19.1. The lowest BCUT2D eigenvalue weighted by Gasteiger charge is -2.17. The standard InChI is InChI=1S/C21H20FN/c1-23(16-18-9-13-21(22)14-10-18)15-17-7-11-20(12-8-17)19-5-3-2-4-6-19/h2-14H,15-16H2,1H3. The number of benzene rings is 3. The molecule has 116 valence electrons. The summed E-state index contributed by atoms with van der Waals surface area (Å²) in [5.74, 6) is -0.187. The SMILES string of the molecule is CN(Cc1ccc(F)cc1)Cc1ccc(-c2ccccc2)cc1. The molecule has 2 heteroatoms. The maximum absolute atomic E-state index is 12.9. The average Bonchev–Trinajstić information content (AvgIpc) is 2.58. The first kappa shape index (κ1) is 15.4. The molecule has 3 aromatic rings. The highest BCUT2D eigenvalue weighted by Gasteiger charge is 2.03. The van der Waals surface area contributed by atoms with E-state index in [1.807, 2.05) is 18.2 Å². The van der Waals surface area contributed by atoms with Crippen molar-refractivity contribution in [1.29, 1.82) is 0 Å². The summed E-state index contributed by atoms with van der Waals surface area (Å²) in [7, 11) is 2.08. The molecule has 0 N–H and O–H groups in total. The molecular weight excluding hydrogens is 285 g/mol. The summed E-state index contributed by atoms with van der Waals surface area (Å²) in [6.45, 7) is 1.67. The Balaban J connectivity index is 1.62. The molecule has 0 fully saturated rings. The van der Waals surface area contributed by atoms with Gasteiger partial charge in [0.05, 0.1) is 0 Å². The van der Waals surface area contributed by atoms with Gasteiger partial charge in [-0.05, 0) is 41.4 Å². The second-order valence-electron chi connectivity index (χ2n) is 5.86. The molecule has 0 atom stereocenters. The minimum Gasteiger partial charge on any atom is -0.298 e. The summed E-state index contributed by atoms with van der Waals surface area (Å²) >= 11 is 0. The Hall–Kier alpha value is -2.45. The van der Waals surface area contributed by atoms with Crippen LogP contribution in [0.5, 0.6) is 0 Å². The summed E-state index contributed by atoms with van der Waals surface area (Å²) in [4.78, 5) is 2.23. The van der Waals surface area contributed by atoms with E-state index >= 15 is 0 Å². The van der Waals surface area contributed by atoms with Gasteiger partial charge < -0.3 is 0 Å². The van der Waals surface area contributed by atoms with Gasteiger partial charge in [-0.2, -0.15) is 0 Å². The fraction of sp³-hybridized carbons (Fsp3) is 0.143. The zero-order chi connectivity index (χ0) is 16.1. The van der Waals surface area contributed by atoms with E-state index in [1.54, 1.807) is 0 Å². The second kappa shape index (κ2) is 7.21. The van der Waals surface area contributed by atoms with E-state index < -0.39 is 0 Å². The van der Waals surface area contributed by atoms with Crippen LogP contribution in [0.25, 0.3) is 11.1 Å². The van der Waals surface area contributed by atoms with Gasteiger partial charge >= 0.3 is 0 Å². The number of rotatable bonds is 5. The number of hydrogen-bond acceptors (Lipinski definition) is 1. The molecule has 0 saturated heterocycles. The molecule has 0 aliphatic rings. The van der Waals surface area contributed by atoms with Crippen molar-refractivity contribution in [2.45, 2.75) is 13.1 Å². The van der Waals surface area contributed by atoms with Crippen molar-refractivity contribution in [1.82, 2.24) is 4.90 Å². The summed E-state index contributed by atoms with van der Waals surface area (Å²) in [6.07, 6.45) is 0. The summed E-state index contributed by atoms with van der Waals surface area (Å²) in [5.41, 5.74) is 4.86. The van der Waals surface area contributed by atoms with Gasteiger partial charge in [0, 0.05) is 13.1 Å². The quantitative estimate of drug-likeness (QED) is 0.632. The van der Waals surface area contributed by atoms with Crippen LogP contribution in [0.4, 0.5) is 4.39 Å². The zero-order valence-corrected chi connectivity index (χ0v) is 13.2. The van der Waals surface area contributed by atoms with Crippen molar-refractivity contribution < 1.29 is 4.39 Å². The molecule has 23 heavy (non-hydrogen) atoms.